The molecule has 0 heterocycles. The SMILES string of the molecule is COc1cc(CN(C)C(=O)COc2ccc(S(=O)(=O)N(C)C)cc2)cc(OC)c1OC. The summed E-state index contributed by atoms with van der Waals surface area (Å²) >= 11 is 0. The highest BCUT2D eigenvalue weighted by Gasteiger charge is 2.18. The van der Waals surface area contributed by atoms with Crippen LogP contribution >= 0.6 is 0 Å². The first-order valence-corrected chi connectivity index (χ1v) is 10.8. The molecule has 10 heteroatoms. The van der Waals surface area contributed by atoms with Gasteiger partial charge in [-0.2, -0.15) is 0 Å². The zero-order valence-electron chi connectivity index (χ0n) is 18.5. The van der Waals surface area contributed by atoms with Gasteiger partial charge in [0.25, 0.3) is 5.91 Å². The predicted molar refractivity (Wildman–Crippen MR) is 115 cm³/mol. The van der Waals surface area contributed by atoms with Crippen LogP contribution in [0, 0.1) is 0 Å². The van der Waals surface area contributed by atoms with E-state index in [2.05, 4.69) is 0 Å². The van der Waals surface area contributed by atoms with E-state index >= 15 is 0 Å². The highest BCUT2D eigenvalue weighted by atomic mass is 32.2. The fourth-order valence-corrected chi connectivity index (χ4v) is 3.66. The van der Waals surface area contributed by atoms with Crippen LogP contribution in [0.15, 0.2) is 41.3 Å². The van der Waals surface area contributed by atoms with Crippen molar-refractivity contribution < 1.29 is 32.2 Å². The van der Waals surface area contributed by atoms with Gasteiger partial charge in [0.15, 0.2) is 18.1 Å². The van der Waals surface area contributed by atoms with Gasteiger partial charge in [-0.05, 0) is 42.0 Å². The van der Waals surface area contributed by atoms with Gasteiger partial charge < -0.3 is 23.8 Å². The molecule has 2 aromatic carbocycles. The Hall–Kier alpha value is -2.98. The Labute approximate surface area is 183 Å². The van der Waals surface area contributed by atoms with Gasteiger partial charge >= 0.3 is 0 Å². The van der Waals surface area contributed by atoms with Gasteiger partial charge in [0.05, 0.1) is 26.2 Å². The molecule has 170 valence electrons. The maximum atomic E-state index is 12.5. The van der Waals surface area contributed by atoms with Gasteiger partial charge in [-0.25, -0.2) is 12.7 Å². The van der Waals surface area contributed by atoms with Crippen molar-refractivity contribution in [3.05, 3.63) is 42.0 Å². The molecule has 0 aromatic heterocycles. The summed E-state index contributed by atoms with van der Waals surface area (Å²) in [5, 5.41) is 0. The maximum Gasteiger partial charge on any atom is 0.260 e. The lowest BCUT2D eigenvalue weighted by atomic mass is 10.1. The zero-order valence-corrected chi connectivity index (χ0v) is 19.4. The topological polar surface area (TPSA) is 94.6 Å². The van der Waals surface area contributed by atoms with Crippen molar-refractivity contribution in [1.82, 2.24) is 9.21 Å². The van der Waals surface area contributed by atoms with Crippen molar-refractivity contribution in [1.29, 1.82) is 0 Å². The molecule has 0 saturated heterocycles. The first-order chi connectivity index (χ1) is 14.6. The van der Waals surface area contributed by atoms with Crippen LogP contribution in [-0.2, 0) is 21.4 Å². The molecule has 0 spiro atoms. The number of likely N-dealkylation sites (N-methyl/N-ethyl adjacent to an activating group) is 1. The normalized spacial score (nSPS) is 11.2. The van der Waals surface area contributed by atoms with E-state index in [1.54, 1.807) is 19.2 Å². The van der Waals surface area contributed by atoms with Crippen molar-refractivity contribution in [3.63, 3.8) is 0 Å². The number of carbonyl (C=O) groups excluding carboxylic acids is 1. The summed E-state index contributed by atoms with van der Waals surface area (Å²) in [6, 6.07) is 9.46. The fraction of sp³-hybridized carbons (Fsp3) is 0.381. The number of rotatable bonds is 10. The standard InChI is InChI=1S/C21H28N2O7S/c1-22(2)31(25,26)17-9-7-16(8-10-17)30-14-20(24)23(3)13-15-11-18(27-4)21(29-6)19(12-15)28-5/h7-12H,13-14H2,1-6H3. The number of hydrogen-bond donors (Lipinski definition) is 0. The maximum absolute atomic E-state index is 12.5. The molecule has 1 amide bonds. The second-order valence-electron chi connectivity index (χ2n) is 6.83. The Kier molecular flexibility index (Phi) is 8.12. The zero-order chi connectivity index (χ0) is 23.2. The van der Waals surface area contributed by atoms with Gasteiger partial charge in [0.2, 0.25) is 15.8 Å². The number of hydrogen-bond acceptors (Lipinski definition) is 7. The van der Waals surface area contributed by atoms with Crippen LogP contribution in [0.3, 0.4) is 0 Å². The number of methoxy groups -OCH3 is 3. The summed E-state index contributed by atoms with van der Waals surface area (Å²) in [7, 11) is 5.64. The summed E-state index contributed by atoms with van der Waals surface area (Å²) in [6.45, 7) is 0.111. The molecular weight excluding hydrogens is 424 g/mol. The Morgan fingerprint density at radius 2 is 1.45 bits per heavy atom. The quantitative estimate of drug-likeness (QED) is 0.544. The van der Waals surface area contributed by atoms with E-state index in [9.17, 15) is 13.2 Å². The highest BCUT2D eigenvalue weighted by Crippen LogP contribution is 2.38. The monoisotopic (exact) mass is 452 g/mol. The molecule has 0 aliphatic heterocycles. The van der Waals surface area contributed by atoms with E-state index in [1.165, 1.54) is 64.6 Å². The molecule has 0 unspecified atom stereocenters. The van der Waals surface area contributed by atoms with Crippen LogP contribution in [0.25, 0.3) is 0 Å². The molecule has 0 aliphatic carbocycles. The Bertz CT molecular complexity index is 980. The van der Waals surface area contributed by atoms with Crippen molar-refractivity contribution in [2.75, 3.05) is 49.1 Å². The van der Waals surface area contributed by atoms with Gasteiger partial charge in [0, 0.05) is 27.7 Å². The van der Waals surface area contributed by atoms with Crippen LogP contribution in [0.5, 0.6) is 23.0 Å². The second kappa shape index (κ2) is 10.4. The summed E-state index contributed by atoms with van der Waals surface area (Å²) in [6.07, 6.45) is 0. The van der Waals surface area contributed by atoms with Gasteiger partial charge in [0.1, 0.15) is 5.75 Å². The number of nitrogens with zero attached hydrogens (tertiary/aromatic N) is 2. The van der Waals surface area contributed by atoms with E-state index in [4.69, 9.17) is 18.9 Å². The summed E-state index contributed by atoms with van der Waals surface area (Å²) in [5.41, 5.74) is 0.795. The van der Waals surface area contributed by atoms with Crippen molar-refractivity contribution in [2.24, 2.45) is 0 Å². The van der Waals surface area contributed by atoms with Crippen LogP contribution < -0.4 is 18.9 Å². The van der Waals surface area contributed by atoms with Crippen molar-refractivity contribution >= 4 is 15.9 Å². The molecule has 0 atom stereocenters. The van der Waals surface area contributed by atoms with E-state index in [0.717, 1.165) is 9.87 Å². The van der Waals surface area contributed by atoms with Gasteiger partial charge in [-0.1, -0.05) is 0 Å². The third kappa shape index (κ3) is 5.80. The summed E-state index contributed by atoms with van der Waals surface area (Å²) < 4.78 is 46.8. The van der Waals surface area contributed by atoms with Crippen molar-refractivity contribution in [2.45, 2.75) is 11.4 Å². The van der Waals surface area contributed by atoms with Gasteiger partial charge in [-0.15, -0.1) is 0 Å². The van der Waals surface area contributed by atoms with Crippen molar-refractivity contribution in [3.8, 4) is 23.0 Å². The molecule has 0 radical (unpaired) electrons. The molecule has 0 N–H and O–H groups in total. The molecule has 2 rings (SSSR count). The highest BCUT2D eigenvalue weighted by molar-refractivity contribution is 7.89. The number of benzene rings is 2. The average Bonchev–Trinajstić information content (AvgIpc) is 2.76. The largest absolute Gasteiger partial charge is 0.493 e. The number of carbonyl (C=O) groups is 1. The minimum absolute atomic E-state index is 0.149. The summed E-state index contributed by atoms with van der Waals surface area (Å²) in [5.74, 6) is 1.63. The van der Waals surface area contributed by atoms with Gasteiger partial charge in [-0.3, -0.25) is 4.79 Å². The van der Waals surface area contributed by atoms with Crippen LogP contribution in [0.1, 0.15) is 5.56 Å². The molecule has 0 fully saturated rings. The third-order valence-corrected chi connectivity index (χ3v) is 6.36. The fourth-order valence-electron chi connectivity index (χ4n) is 2.76. The molecule has 0 aliphatic rings. The minimum Gasteiger partial charge on any atom is -0.493 e. The molecule has 0 bridgehead atoms. The summed E-state index contributed by atoms with van der Waals surface area (Å²) in [4.78, 5) is 14.1. The average molecular weight is 453 g/mol. The first-order valence-electron chi connectivity index (χ1n) is 9.32. The lowest BCUT2D eigenvalue weighted by Crippen LogP contribution is -2.31. The predicted octanol–water partition coefficient (Wildman–Crippen LogP) is 2.00. The molecular formula is C21H28N2O7S. The Morgan fingerprint density at radius 1 is 0.903 bits per heavy atom. The first kappa shape index (κ1) is 24.3. The van der Waals surface area contributed by atoms with E-state index < -0.39 is 10.0 Å². The smallest absolute Gasteiger partial charge is 0.260 e. The Balaban J connectivity index is 2.02. The van der Waals surface area contributed by atoms with Crippen LogP contribution in [0.4, 0.5) is 0 Å². The Morgan fingerprint density at radius 3 is 1.90 bits per heavy atom. The molecule has 31 heavy (non-hydrogen) atoms. The molecule has 2 aromatic rings. The van der Waals surface area contributed by atoms with Crippen LogP contribution in [-0.4, -0.2) is 72.6 Å². The van der Waals surface area contributed by atoms with E-state index in [1.807, 2.05) is 0 Å². The number of sulfonamides is 1. The van der Waals surface area contributed by atoms with E-state index in [-0.39, 0.29) is 17.4 Å². The van der Waals surface area contributed by atoms with Crippen LogP contribution in [0.2, 0.25) is 0 Å². The minimum atomic E-state index is -3.52. The lowest BCUT2D eigenvalue weighted by molar-refractivity contribution is -0.132. The lowest BCUT2D eigenvalue weighted by Gasteiger charge is -2.20. The molecule has 0 saturated carbocycles. The third-order valence-electron chi connectivity index (χ3n) is 4.53. The second-order valence-corrected chi connectivity index (χ2v) is 8.98. The number of amides is 1. The molecule has 9 nitrogen and oxygen atoms in total. The van der Waals surface area contributed by atoms with E-state index in [0.29, 0.717) is 29.5 Å². The number of ether oxygens (including phenoxy) is 4.